The minimum Gasteiger partial charge on any atom is -0.384 e. The summed E-state index contributed by atoms with van der Waals surface area (Å²) in [4.78, 5) is 0. The third-order valence-electron chi connectivity index (χ3n) is 3.02. The van der Waals surface area contributed by atoms with Crippen molar-refractivity contribution in [2.24, 2.45) is 7.05 Å². The van der Waals surface area contributed by atoms with Crippen LogP contribution in [0.15, 0.2) is 30.3 Å². The molecule has 0 aliphatic carbocycles. The molecule has 0 saturated carbocycles. The molecule has 0 atom stereocenters. The van der Waals surface area contributed by atoms with Gasteiger partial charge in [-0.2, -0.15) is 5.10 Å². The molecule has 2 rings (SSSR count). The monoisotopic (exact) mass is 245 g/mol. The number of nitrogens with zero attached hydrogens (tertiary/aromatic N) is 2. The molecule has 0 spiro atoms. The van der Waals surface area contributed by atoms with Gasteiger partial charge in [0.05, 0.1) is 18.9 Å². The molecular weight excluding hydrogens is 226 g/mol. The van der Waals surface area contributed by atoms with Gasteiger partial charge in [0, 0.05) is 12.6 Å². The molecule has 0 radical (unpaired) electrons. The van der Waals surface area contributed by atoms with Gasteiger partial charge >= 0.3 is 0 Å². The van der Waals surface area contributed by atoms with Gasteiger partial charge in [0.1, 0.15) is 5.82 Å². The minimum absolute atomic E-state index is 0.526. The van der Waals surface area contributed by atoms with E-state index in [2.05, 4.69) is 17.2 Å². The molecule has 0 aliphatic heterocycles. The minimum atomic E-state index is 0.526. The molecule has 0 amide bonds. The van der Waals surface area contributed by atoms with Gasteiger partial charge in [-0.3, -0.25) is 4.68 Å². The molecule has 2 N–H and O–H groups in total. The van der Waals surface area contributed by atoms with Crippen molar-refractivity contribution in [3.8, 4) is 0 Å². The van der Waals surface area contributed by atoms with E-state index in [0.29, 0.717) is 19.0 Å². The average molecular weight is 245 g/mol. The van der Waals surface area contributed by atoms with Gasteiger partial charge in [0.25, 0.3) is 0 Å². The van der Waals surface area contributed by atoms with Crippen molar-refractivity contribution < 1.29 is 4.74 Å². The van der Waals surface area contributed by atoms with Gasteiger partial charge in [-0.1, -0.05) is 30.3 Å². The van der Waals surface area contributed by atoms with Crippen LogP contribution in [-0.4, -0.2) is 16.4 Å². The molecule has 0 aliphatic rings. The van der Waals surface area contributed by atoms with Crippen LogP contribution >= 0.6 is 0 Å². The normalized spacial score (nSPS) is 10.8. The predicted molar refractivity (Wildman–Crippen MR) is 72.2 cm³/mol. The van der Waals surface area contributed by atoms with E-state index in [9.17, 15) is 0 Å². The molecule has 0 bridgehead atoms. The highest BCUT2D eigenvalue weighted by molar-refractivity contribution is 5.42. The van der Waals surface area contributed by atoms with E-state index < -0.39 is 0 Å². The molecule has 18 heavy (non-hydrogen) atoms. The van der Waals surface area contributed by atoms with Crippen molar-refractivity contribution in [3.63, 3.8) is 0 Å². The molecule has 1 heterocycles. The summed E-state index contributed by atoms with van der Waals surface area (Å²) >= 11 is 0. The maximum absolute atomic E-state index is 5.92. The topological polar surface area (TPSA) is 53.1 Å². The van der Waals surface area contributed by atoms with Crippen LogP contribution in [0.3, 0.4) is 0 Å². The Kier molecular flexibility index (Phi) is 3.99. The van der Waals surface area contributed by atoms with E-state index in [1.807, 2.05) is 32.2 Å². The number of aromatic nitrogens is 2. The largest absolute Gasteiger partial charge is 0.384 e. The van der Waals surface area contributed by atoms with Crippen molar-refractivity contribution in [2.45, 2.75) is 20.0 Å². The zero-order valence-corrected chi connectivity index (χ0v) is 10.9. The lowest BCUT2D eigenvalue weighted by atomic mass is 10.2. The Labute approximate surface area is 107 Å². The second-order valence-corrected chi connectivity index (χ2v) is 4.36. The van der Waals surface area contributed by atoms with Crippen LogP contribution in [0, 0.1) is 6.92 Å². The zero-order chi connectivity index (χ0) is 13.0. The van der Waals surface area contributed by atoms with E-state index in [-0.39, 0.29) is 0 Å². The van der Waals surface area contributed by atoms with E-state index in [1.54, 1.807) is 4.68 Å². The Bertz CT molecular complexity index is 505. The number of ether oxygens (including phenoxy) is 1. The molecule has 1 aromatic heterocycles. The van der Waals surface area contributed by atoms with E-state index in [1.165, 1.54) is 5.56 Å². The van der Waals surface area contributed by atoms with Gasteiger partial charge in [-0.25, -0.2) is 0 Å². The molecule has 2 aromatic rings. The Balaban J connectivity index is 1.82. The van der Waals surface area contributed by atoms with Crippen LogP contribution in [-0.2, 0) is 24.8 Å². The fourth-order valence-electron chi connectivity index (χ4n) is 1.91. The Morgan fingerprint density at radius 1 is 1.28 bits per heavy atom. The molecule has 1 aromatic carbocycles. The van der Waals surface area contributed by atoms with Crippen molar-refractivity contribution in [1.29, 1.82) is 0 Å². The number of hydrogen-bond acceptors (Lipinski definition) is 3. The summed E-state index contributed by atoms with van der Waals surface area (Å²) in [5, 5.41) is 4.26. The predicted octanol–water partition coefficient (Wildman–Crippen LogP) is 2.07. The highest BCUT2D eigenvalue weighted by Gasteiger charge is 2.09. The van der Waals surface area contributed by atoms with Crippen molar-refractivity contribution in [1.82, 2.24) is 9.78 Å². The molecule has 4 nitrogen and oxygen atoms in total. The molecular formula is C14H19N3O. The lowest BCUT2D eigenvalue weighted by Gasteiger charge is -2.05. The van der Waals surface area contributed by atoms with Gasteiger partial charge in [0.2, 0.25) is 0 Å². The second-order valence-electron chi connectivity index (χ2n) is 4.36. The van der Waals surface area contributed by atoms with Crippen molar-refractivity contribution in [2.75, 3.05) is 12.3 Å². The number of anilines is 1. The van der Waals surface area contributed by atoms with Gasteiger partial charge in [-0.05, 0) is 18.9 Å². The summed E-state index contributed by atoms with van der Waals surface area (Å²) in [6.45, 7) is 3.17. The van der Waals surface area contributed by atoms with Crippen LogP contribution in [0.1, 0.15) is 16.8 Å². The number of rotatable bonds is 5. The Morgan fingerprint density at radius 2 is 2.00 bits per heavy atom. The summed E-state index contributed by atoms with van der Waals surface area (Å²) in [5.74, 6) is 0.687. The Morgan fingerprint density at radius 3 is 2.61 bits per heavy atom. The summed E-state index contributed by atoms with van der Waals surface area (Å²) in [7, 11) is 1.84. The summed E-state index contributed by atoms with van der Waals surface area (Å²) in [6.07, 6.45) is 0.917. The molecule has 0 saturated heterocycles. The first kappa shape index (κ1) is 12.6. The molecule has 96 valence electrons. The first-order chi connectivity index (χ1) is 8.68. The summed E-state index contributed by atoms with van der Waals surface area (Å²) in [5.41, 5.74) is 9.13. The first-order valence-electron chi connectivity index (χ1n) is 6.08. The number of hydrogen-bond donors (Lipinski definition) is 1. The SMILES string of the molecule is Cc1nn(C)c(N)c1COCCc1ccccc1. The number of nitrogen functional groups attached to an aromatic ring is 1. The lowest BCUT2D eigenvalue weighted by molar-refractivity contribution is 0.124. The van der Waals surface area contributed by atoms with E-state index >= 15 is 0 Å². The third-order valence-corrected chi connectivity index (χ3v) is 3.02. The number of nitrogens with two attached hydrogens (primary N) is 1. The Hall–Kier alpha value is -1.81. The summed E-state index contributed by atoms with van der Waals surface area (Å²) < 4.78 is 7.35. The average Bonchev–Trinajstić information content (AvgIpc) is 2.61. The molecule has 0 fully saturated rings. The van der Waals surface area contributed by atoms with Crippen molar-refractivity contribution >= 4 is 5.82 Å². The zero-order valence-electron chi connectivity index (χ0n) is 10.9. The number of benzene rings is 1. The second kappa shape index (κ2) is 5.69. The van der Waals surface area contributed by atoms with Crippen LogP contribution < -0.4 is 5.73 Å². The van der Waals surface area contributed by atoms with Crippen LogP contribution in [0.2, 0.25) is 0 Å². The standard InChI is InChI=1S/C14H19N3O/c1-11-13(14(15)17(2)16-11)10-18-9-8-12-6-4-3-5-7-12/h3-7H,8-10,15H2,1-2H3. The van der Waals surface area contributed by atoms with E-state index in [0.717, 1.165) is 17.7 Å². The third kappa shape index (κ3) is 2.90. The maximum Gasteiger partial charge on any atom is 0.127 e. The fraction of sp³-hybridized carbons (Fsp3) is 0.357. The van der Waals surface area contributed by atoms with Gasteiger partial charge in [-0.15, -0.1) is 0 Å². The van der Waals surface area contributed by atoms with Crippen molar-refractivity contribution in [3.05, 3.63) is 47.2 Å². The van der Waals surface area contributed by atoms with Crippen LogP contribution in [0.4, 0.5) is 5.82 Å². The fourth-order valence-corrected chi connectivity index (χ4v) is 1.91. The van der Waals surface area contributed by atoms with E-state index in [4.69, 9.17) is 10.5 Å². The lowest BCUT2D eigenvalue weighted by Crippen LogP contribution is -2.03. The quantitative estimate of drug-likeness (QED) is 0.820. The van der Waals surface area contributed by atoms with Crippen LogP contribution in [0.5, 0.6) is 0 Å². The number of aryl methyl sites for hydroxylation is 2. The van der Waals surface area contributed by atoms with Gasteiger partial charge in [0.15, 0.2) is 0 Å². The smallest absolute Gasteiger partial charge is 0.127 e. The molecule has 0 unspecified atom stereocenters. The van der Waals surface area contributed by atoms with Crippen LogP contribution in [0.25, 0.3) is 0 Å². The molecule has 4 heteroatoms. The highest BCUT2D eigenvalue weighted by Crippen LogP contribution is 2.16. The summed E-state index contributed by atoms with van der Waals surface area (Å²) in [6, 6.07) is 10.3. The van der Waals surface area contributed by atoms with Gasteiger partial charge < -0.3 is 10.5 Å². The first-order valence-corrected chi connectivity index (χ1v) is 6.08. The maximum atomic E-state index is 5.92. The highest BCUT2D eigenvalue weighted by atomic mass is 16.5.